The first-order valence-corrected chi connectivity index (χ1v) is 10.3. The quantitative estimate of drug-likeness (QED) is 0.474. The molecule has 0 radical (unpaired) electrons. The average molecular weight is 410 g/mol. The van der Waals surface area contributed by atoms with E-state index in [4.69, 9.17) is 14.7 Å². The number of hydrogen-bond acceptors (Lipinski definition) is 5. The van der Waals surface area contributed by atoms with Crippen LogP contribution >= 0.6 is 0 Å². The van der Waals surface area contributed by atoms with Gasteiger partial charge in [0, 0.05) is 23.2 Å². The smallest absolute Gasteiger partial charge is 0.215 e. The molecule has 0 saturated carbocycles. The molecule has 1 unspecified atom stereocenters. The van der Waals surface area contributed by atoms with Gasteiger partial charge in [-0.1, -0.05) is 6.07 Å². The molecule has 154 valence electrons. The lowest BCUT2D eigenvalue weighted by molar-refractivity contribution is 0.206. The fraction of sp³-hybridized carbons (Fsp3) is 0.240. The van der Waals surface area contributed by atoms with Gasteiger partial charge < -0.3 is 9.47 Å². The van der Waals surface area contributed by atoms with Crippen molar-refractivity contribution in [1.82, 2.24) is 14.8 Å². The molecule has 0 spiro atoms. The number of methoxy groups -OCH3 is 1. The van der Waals surface area contributed by atoms with Gasteiger partial charge in [0.25, 0.3) is 0 Å². The Morgan fingerprint density at radius 1 is 1.13 bits per heavy atom. The molecule has 2 aromatic heterocycles. The lowest BCUT2D eigenvalue weighted by Gasteiger charge is -2.17. The number of aromatic nitrogens is 3. The average Bonchev–Trinajstić information content (AvgIpc) is 3.37. The predicted molar refractivity (Wildman–Crippen MR) is 118 cm³/mol. The Labute approximate surface area is 180 Å². The number of aryl methyl sites for hydroxylation is 3. The van der Waals surface area contributed by atoms with Crippen molar-refractivity contribution in [3.63, 3.8) is 0 Å². The fourth-order valence-electron chi connectivity index (χ4n) is 4.27. The van der Waals surface area contributed by atoms with Crippen LogP contribution in [0, 0.1) is 25.2 Å². The minimum Gasteiger partial charge on any atom is -0.485 e. The number of benzene rings is 2. The summed E-state index contributed by atoms with van der Waals surface area (Å²) in [5.41, 5.74) is 6.85. The van der Waals surface area contributed by atoms with Crippen LogP contribution in [0.4, 0.5) is 0 Å². The van der Waals surface area contributed by atoms with E-state index < -0.39 is 0 Å². The Kier molecular flexibility index (Phi) is 4.59. The van der Waals surface area contributed by atoms with Gasteiger partial charge in [0.15, 0.2) is 0 Å². The molecule has 2 heterocycles. The first kappa shape index (κ1) is 19.1. The molecule has 0 aliphatic heterocycles. The van der Waals surface area contributed by atoms with Crippen molar-refractivity contribution in [1.29, 1.82) is 5.26 Å². The number of nitrogens with zero attached hydrogens (tertiary/aromatic N) is 4. The molecular weight excluding hydrogens is 388 g/mol. The maximum Gasteiger partial charge on any atom is 0.215 e. The zero-order chi connectivity index (χ0) is 21.5. The Balaban J connectivity index is 1.53. The predicted octanol–water partition coefficient (Wildman–Crippen LogP) is 4.98. The van der Waals surface area contributed by atoms with Crippen molar-refractivity contribution in [3.8, 4) is 23.4 Å². The van der Waals surface area contributed by atoms with Crippen molar-refractivity contribution in [2.45, 2.75) is 32.8 Å². The summed E-state index contributed by atoms with van der Waals surface area (Å²) in [6, 6.07) is 16.1. The van der Waals surface area contributed by atoms with Crippen LogP contribution in [0.3, 0.4) is 0 Å². The molecule has 0 saturated heterocycles. The molecule has 0 fully saturated rings. The Bertz CT molecular complexity index is 1350. The van der Waals surface area contributed by atoms with Crippen molar-refractivity contribution in [2.24, 2.45) is 0 Å². The van der Waals surface area contributed by atoms with Crippen molar-refractivity contribution in [3.05, 3.63) is 76.6 Å². The van der Waals surface area contributed by atoms with Gasteiger partial charge >= 0.3 is 0 Å². The van der Waals surface area contributed by atoms with Crippen LogP contribution in [-0.4, -0.2) is 21.9 Å². The lowest BCUT2D eigenvalue weighted by atomic mass is 10.1. The van der Waals surface area contributed by atoms with E-state index in [9.17, 15) is 0 Å². The third kappa shape index (κ3) is 3.38. The van der Waals surface area contributed by atoms with E-state index >= 15 is 0 Å². The van der Waals surface area contributed by atoms with E-state index in [0.717, 1.165) is 46.4 Å². The number of fused-ring (bicyclic) bond motifs is 2. The molecule has 1 aliphatic rings. The topological polar surface area (TPSA) is 73.0 Å². The molecule has 4 aromatic rings. The lowest BCUT2D eigenvalue weighted by Crippen LogP contribution is -2.05. The summed E-state index contributed by atoms with van der Waals surface area (Å²) in [6.07, 6.45) is 3.67. The van der Waals surface area contributed by atoms with E-state index in [1.54, 1.807) is 7.11 Å². The van der Waals surface area contributed by atoms with Gasteiger partial charge in [0.1, 0.15) is 11.9 Å². The largest absolute Gasteiger partial charge is 0.485 e. The minimum atomic E-state index is -0.0153. The maximum atomic E-state index is 9.16. The summed E-state index contributed by atoms with van der Waals surface area (Å²) < 4.78 is 13.7. The van der Waals surface area contributed by atoms with Crippen molar-refractivity contribution < 1.29 is 9.47 Å². The molecular formula is C25H22N4O2. The summed E-state index contributed by atoms with van der Waals surface area (Å²) in [5, 5.41) is 14.8. The third-order valence-corrected chi connectivity index (χ3v) is 5.80. The Morgan fingerprint density at radius 2 is 2.00 bits per heavy atom. The van der Waals surface area contributed by atoms with Crippen molar-refractivity contribution in [2.75, 3.05) is 7.11 Å². The number of hydrogen-bond donors (Lipinski definition) is 0. The van der Waals surface area contributed by atoms with E-state index in [1.807, 2.05) is 48.1 Å². The first-order chi connectivity index (χ1) is 15.1. The molecule has 1 aliphatic carbocycles. The van der Waals surface area contributed by atoms with Crippen LogP contribution in [0.25, 0.3) is 16.6 Å². The molecule has 0 N–H and O–H groups in total. The van der Waals surface area contributed by atoms with Crippen LogP contribution < -0.4 is 9.47 Å². The van der Waals surface area contributed by atoms with Gasteiger partial charge in [0.2, 0.25) is 5.88 Å². The van der Waals surface area contributed by atoms with E-state index in [-0.39, 0.29) is 6.10 Å². The number of pyridine rings is 1. The van der Waals surface area contributed by atoms with Gasteiger partial charge in [-0.15, -0.1) is 0 Å². The molecule has 31 heavy (non-hydrogen) atoms. The van der Waals surface area contributed by atoms with Crippen LogP contribution in [0.2, 0.25) is 0 Å². The van der Waals surface area contributed by atoms with Gasteiger partial charge in [-0.2, -0.15) is 10.4 Å². The molecule has 2 aromatic carbocycles. The van der Waals surface area contributed by atoms with Gasteiger partial charge in [-0.25, -0.2) is 9.67 Å². The minimum absolute atomic E-state index is 0.0153. The highest BCUT2D eigenvalue weighted by Gasteiger charge is 2.25. The Hall–Kier alpha value is -3.85. The number of rotatable bonds is 4. The highest BCUT2D eigenvalue weighted by atomic mass is 16.5. The molecule has 5 rings (SSSR count). The highest BCUT2D eigenvalue weighted by Crippen LogP contribution is 2.37. The van der Waals surface area contributed by atoms with Crippen LogP contribution in [-0.2, 0) is 6.42 Å². The normalized spacial score (nSPS) is 15.0. The number of ether oxygens (including phenoxy) is 2. The van der Waals surface area contributed by atoms with Gasteiger partial charge in [-0.3, -0.25) is 0 Å². The van der Waals surface area contributed by atoms with Gasteiger partial charge in [-0.05, 0) is 67.6 Å². The standard InChI is InChI=1S/C25H22N4O2/c1-15-8-19-14-27-29(20-9-16(2)28-25(11-20)30-3)22(19)12-24(15)31-23-7-5-18-10-17(13-26)4-6-21(18)23/h4,6,8-12,14,23H,5,7H2,1-3H3. The SMILES string of the molecule is COc1cc(-n2ncc3cc(C)c(OC4CCc5cc(C#N)ccc54)cc32)cc(C)n1. The van der Waals surface area contributed by atoms with Crippen LogP contribution in [0.5, 0.6) is 11.6 Å². The molecule has 1 atom stereocenters. The summed E-state index contributed by atoms with van der Waals surface area (Å²) in [7, 11) is 1.61. The zero-order valence-electron chi connectivity index (χ0n) is 17.7. The summed E-state index contributed by atoms with van der Waals surface area (Å²) in [4.78, 5) is 4.37. The Morgan fingerprint density at radius 3 is 2.81 bits per heavy atom. The second-order valence-corrected chi connectivity index (χ2v) is 7.91. The van der Waals surface area contributed by atoms with E-state index in [2.05, 4.69) is 35.2 Å². The fourth-order valence-corrected chi connectivity index (χ4v) is 4.27. The summed E-state index contributed by atoms with van der Waals surface area (Å²) in [6.45, 7) is 3.99. The van der Waals surface area contributed by atoms with E-state index in [1.165, 1.54) is 11.1 Å². The second kappa shape index (κ2) is 7.44. The summed E-state index contributed by atoms with van der Waals surface area (Å²) in [5.74, 6) is 1.40. The van der Waals surface area contributed by atoms with Crippen LogP contribution in [0.15, 0.2) is 48.7 Å². The number of nitriles is 1. The zero-order valence-corrected chi connectivity index (χ0v) is 17.7. The van der Waals surface area contributed by atoms with Crippen molar-refractivity contribution >= 4 is 10.9 Å². The van der Waals surface area contributed by atoms with Gasteiger partial charge in [0.05, 0.1) is 36.1 Å². The maximum absolute atomic E-state index is 9.16. The van der Waals surface area contributed by atoms with Crippen LogP contribution in [0.1, 0.15) is 40.5 Å². The molecule has 6 heteroatoms. The van der Waals surface area contributed by atoms with E-state index in [0.29, 0.717) is 11.4 Å². The molecule has 0 bridgehead atoms. The molecule has 6 nitrogen and oxygen atoms in total. The monoisotopic (exact) mass is 410 g/mol. The highest BCUT2D eigenvalue weighted by molar-refractivity contribution is 5.83. The molecule has 0 amide bonds. The third-order valence-electron chi connectivity index (χ3n) is 5.80. The second-order valence-electron chi connectivity index (χ2n) is 7.91. The summed E-state index contributed by atoms with van der Waals surface area (Å²) >= 11 is 0. The first-order valence-electron chi connectivity index (χ1n) is 10.3.